The van der Waals surface area contributed by atoms with Gasteiger partial charge in [0.2, 0.25) is 53.2 Å². The van der Waals surface area contributed by atoms with Crippen LogP contribution < -0.4 is 91.5 Å². The maximum Gasteiger partial charge on any atom is 0.469 e. The third-order valence-corrected chi connectivity index (χ3v) is 20.2. The Labute approximate surface area is 653 Å². The van der Waals surface area contributed by atoms with E-state index in [0.717, 1.165) is 22.6 Å². The van der Waals surface area contributed by atoms with Gasteiger partial charge in [-0.2, -0.15) is 0 Å². The van der Waals surface area contributed by atoms with Crippen LogP contribution in [0.25, 0.3) is 10.8 Å². The predicted octanol–water partition coefficient (Wildman–Crippen LogP) is -0.140. The molecule has 0 radical (unpaired) electrons. The van der Waals surface area contributed by atoms with E-state index in [4.69, 9.17) is 65.4 Å². The monoisotopic (exact) mass is 1600 g/mol. The molecule has 4 aliphatic heterocycles. The molecule has 4 heterocycles. The van der Waals surface area contributed by atoms with E-state index >= 15 is 24.0 Å². The Hall–Kier alpha value is -11.9. The number of unbranched alkanes of at least 4 members (excludes halogenated alkanes) is 1. The molecule has 1 spiro atoms. The minimum absolute atomic E-state index is 0.00536. The number of phosphoric ester groups is 1. The molecular weight excluding hydrogens is 1510 g/mol. The zero-order chi connectivity index (χ0) is 81.8. The van der Waals surface area contributed by atoms with Crippen LogP contribution in [0.5, 0.6) is 23.0 Å². The summed E-state index contributed by atoms with van der Waals surface area (Å²) < 4.78 is 29.7. The maximum absolute atomic E-state index is 15.2. The number of ether oxygens (including phenoxy) is 2. The van der Waals surface area contributed by atoms with Gasteiger partial charge in [-0.3, -0.25) is 63.9 Å². The Morgan fingerprint density at radius 1 is 0.619 bits per heavy atom. The molecule has 0 aliphatic carbocycles. The highest BCUT2D eigenvalue weighted by Crippen LogP contribution is 2.57. The van der Waals surface area contributed by atoms with Crippen molar-refractivity contribution in [1.29, 1.82) is 16.2 Å². The SMILES string of the molecule is C[C@@H](OP(=O)(O)O)[C@H]1NC(=O)[C@@H](CCCNC(=N)N)NC(=O)[C@@H](CCCNC(=N)N)NC(=O)[C@H](CCC(=O)N[C@@H](CCCCNC(=S)Nc2ccc3c(c2)C(=O)OC32c3ccc(O)cc3Oc3cc(O)ccc32)C(N)=O)NC(=O)[C@H](CCCNC(=N)N)NC(=O)[C@H](Cc2ccc3ccccc3c2)NC(=O)[C@@H]2CCCCN2C1=O. The lowest BCUT2D eigenvalue weighted by atomic mass is 9.77. The maximum atomic E-state index is 15.2. The van der Waals surface area contributed by atoms with E-state index in [-0.39, 0.29) is 131 Å². The lowest BCUT2D eigenvalue weighted by molar-refractivity contribution is -0.148. The first-order valence-corrected chi connectivity index (χ1v) is 38.7. The molecule has 2 fully saturated rings. The number of aromatic hydroxyl groups is 2. The number of benzene rings is 5. The van der Waals surface area contributed by atoms with Gasteiger partial charge in [-0.05, 0) is 155 Å². The predicted molar refractivity (Wildman–Crippen MR) is 415 cm³/mol. The molecule has 4 aliphatic rings. The molecule has 0 aromatic heterocycles. The number of piperidine rings is 1. The van der Waals surface area contributed by atoms with Crippen LogP contribution in [0, 0.1) is 16.2 Å². The van der Waals surface area contributed by atoms with E-state index in [2.05, 4.69) is 63.8 Å². The van der Waals surface area contributed by atoms with E-state index in [1.165, 1.54) is 24.3 Å². The van der Waals surface area contributed by atoms with Crippen molar-refractivity contribution in [2.75, 3.05) is 38.0 Å². The number of nitrogens with zero attached hydrogens (tertiary/aromatic N) is 1. The molecule has 0 saturated carbocycles. The van der Waals surface area contributed by atoms with Crippen molar-refractivity contribution in [3.63, 3.8) is 0 Å². The number of rotatable bonds is 28. The van der Waals surface area contributed by atoms with Crippen LogP contribution in [-0.4, -0.2) is 194 Å². The number of primary amides is 1. The van der Waals surface area contributed by atoms with Crippen molar-refractivity contribution in [3.05, 3.63) is 125 Å². The van der Waals surface area contributed by atoms with E-state index in [1.54, 1.807) is 54.6 Å². The second-order valence-corrected chi connectivity index (χ2v) is 29.3. The first-order valence-electron chi connectivity index (χ1n) is 36.7. The van der Waals surface area contributed by atoms with Crippen LogP contribution in [0.4, 0.5) is 5.69 Å². The summed E-state index contributed by atoms with van der Waals surface area (Å²) in [7, 11) is -5.46. The number of fused-ring (bicyclic) bond motifs is 8. The Morgan fingerprint density at radius 2 is 1.13 bits per heavy atom. The van der Waals surface area contributed by atoms with E-state index in [0.29, 0.717) is 47.2 Å². The zero-order valence-corrected chi connectivity index (χ0v) is 63.4. The number of phosphoric acid groups is 1. The molecule has 0 unspecified atom stereocenters. The molecule has 27 N–H and O–H groups in total. The molecule has 606 valence electrons. The summed E-state index contributed by atoms with van der Waals surface area (Å²) in [6.07, 6.45) is -2.86. The Kier molecular flexibility index (Phi) is 29.2. The minimum Gasteiger partial charge on any atom is -0.508 e. The number of thiocarbonyl (C=S) groups is 1. The van der Waals surface area contributed by atoms with E-state index in [1.807, 2.05) is 18.2 Å². The number of esters is 1. The standard InChI is InChI=1S/C73H95N20O18PS/c1-38(111-112(106,107)108)59-67(104)93-32-7-5-17-55(93)66(103)91-54(34-39-18-19-40-11-2-3-12-41(40)33-39)65(102)89-51(15-9-30-82-70(77)78)62(99)90-53(63(100)87-50(14-8-29-81-69(75)76)61(98)88-52(64(101)92-59)16-10-31-83-71(79)80)26-27-58(96)86-49(60(74)97)13-4-6-28-84-72(113)85-42-20-23-46-45(35-42)68(105)110-73(46)47-24-21-43(94)36-56(47)109-57-37-44(95)22-25-48(57)73/h2-3,11-12,18-25,33,35-38,49-55,59,94-95H,4-10,13-17,26-32,34H2,1H3,(H2,74,97)(H,86,96)(H,87,100)(H,88,98)(H,89,102)(H,90,99)(H,91,103)(H,92,101)(H4,75,76,81)(H4,77,78,82)(H4,79,80,83)(H2,84,85,113)(H2,106,107,108)/t38-,49+,50-,51+,52-,53+,54+,55+,59-/m1/s1. The topological polar surface area (TPSA) is 620 Å². The molecule has 5 aromatic rings. The molecule has 40 heteroatoms. The Balaban J connectivity index is 0.963. The van der Waals surface area contributed by atoms with Crippen molar-refractivity contribution in [1.82, 2.24) is 63.4 Å². The third-order valence-electron chi connectivity index (χ3n) is 19.4. The van der Waals surface area contributed by atoms with Crippen molar-refractivity contribution in [2.45, 2.75) is 163 Å². The molecule has 5 aromatic carbocycles. The summed E-state index contributed by atoms with van der Waals surface area (Å²) in [4.78, 5) is 167. The fourth-order valence-corrected chi connectivity index (χ4v) is 14.6. The van der Waals surface area contributed by atoms with E-state index < -0.39 is 158 Å². The summed E-state index contributed by atoms with van der Waals surface area (Å²) in [6, 6.07) is 13.4. The summed E-state index contributed by atoms with van der Waals surface area (Å²) >= 11 is 5.61. The number of guanidine groups is 3. The molecule has 38 nitrogen and oxygen atoms in total. The normalized spacial score (nSPS) is 20.5. The third kappa shape index (κ3) is 23.1. The van der Waals surface area contributed by atoms with Crippen LogP contribution in [-0.2, 0) is 69.0 Å². The largest absolute Gasteiger partial charge is 0.508 e. The summed E-state index contributed by atoms with van der Waals surface area (Å²) in [6.45, 7) is 1.04. The van der Waals surface area contributed by atoms with Crippen LogP contribution in [0.2, 0.25) is 0 Å². The van der Waals surface area contributed by atoms with Crippen molar-refractivity contribution in [2.24, 2.45) is 22.9 Å². The number of phenolic OH excluding ortho intramolecular Hbond substituents is 2. The molecule has 0 bridgehead atoms. The van der Waals surface area contributed by atoms with Crippen LogP contribution in [0.3, 0.4) is 0 Å². The van der Waals surface area contributed by atoms with Crippen molar-refractivity contribution in [3.8, 4) is 23.0 Å². The number of carbonyl (C=O) groups is 10. The minimum atomic E-state index is -5.46. The first-order chi connectivity index (χ1) is 53.8. The molecule has 9 amide bonds. The molecular formula is C73H95N20O18PS. The van der Waals surface area contributed by atoms with Gasteiger partial charge in [0.1, 0.15) is 71.3 Å². The average Bonchev–Trinajstić information content (AvgIpc) is 1.59. The summed E-state index contributed by atoms with van der Waals surface area (Å²) in [5.41, 5.74) is 23.5. The van der Waals surface area contributed by atoms with Gasteiger partial charge in [-0.1, -0.05) is 48.5 Å². The lowest BCUT2D eigenvalue weighted by Crippen LogP contribution is -2.63. The number of amides is 9. The van der Waals surface area contributed by atoms with Gasteiger partial charge in [0.05, 0.1) is 11.7 Å². The van der Waals surface area contributed by atoms with Crippen LogP contribution in [0.15, 0.2) is 97.1 Å². The number of hydrogen-bond donors (Lipinski definition) is 23. The quantitative estimate of drug-likeness (QED) is 0.00774. The van der Waals surface area contributed by atoms with Crippen LogP contribution in [0.1, 0.15) is 129 Å². The number of nitrogens with one attached hydrogen (secondary N) is 15. The zero-order valence-electron chi connectivity index (χ0n) is 61.7. The number of phenols is 2. The highest BCUT2D eigenvalue weighted by molar-refractivity contribution is 7.80. The highest BCUT2D eigenvalue weighted by Gasteiger charge is 2.54. The highest BCUT2D eigenvalue weighted by atomic mass is 32.1. The van der Waals surface area contributed by atoms with Gasteiger partial charge in [0.15, 0.2) is 28.6 Å². The molecule has 9 rings (SSSR count). The number of nitrogens with two attached hydrogens (primary N) is 4. The summed E-state index contributed by atoms with van der Waals surface area (Å²) in [5.74, 6) is -10.8. The van der Waals surface area contributed by atoms with Gasteiger partial charge in [-0.25, -0.2) is 9.36 Å². The second-order valence-electron chi connectivity index (χ2n) is 27.7. The Bertz CT molecular complexity index is 4460. The fourth-order valence-electron chi connectivity index (χ4n) is 13.8. The van der Waals surface area contributed by atoms with Gasteiger partial charge in [0, 0.05) is 80.1 Å². The van der Waals surface area contributed by atoms with Crippen molar-refractivity contribution >= 4 is 119 Å². The lowest BCUT2D eigenvalue weighted by Gasteiger charge is -2.39. The number of anilines is 1. The van der Waals surface area contributed by atoms with Gasteiger partial charge in [0.25, 0.3) is 0 Å². The van der Waals surface area contributed by atoms with Gasteiger partial charge in [-0.15, -0.1) is 0 Å². The van der Waals surface area contributed by atoms with Gasteiger partial charge < -0.3 is 121 Å². The summed E-state index contributed by atoms with van der Waals surface area (Å²) in [5, 5.41) is 77.9. The van der Waals surface area contributed by atoms with Gasteiger partial charge >= 0.3 is 13.8 Å². The number of hydrogen-bond acceptors (Lipinski definition) is 20. The smallest absolute Gasteiger partial charge is 0.469 e. The van der Waals surface area contributed by atoms with Crippen molar-refractivity contribution < 1.29 is 86.5 Å². The number of carbonyl (C=O) groups excluding carboxylic acids is 10. The Morgan fingerprint density at radius 3 is 1.68 bits per heavy atom. The fraction of sp³-hybridized carbons (Fsp3) is 0.425. The van der Waals surface area contributed by atoms with E-state index in [9.17, 15) is 48.5 Å². The molecule has 113 heavy (non-hydrogen) atoms. The average molecular weight is 1600 g/mol. The first kappa shape index (κ1) is 85.1. The second kappa shape index (κ2) is 38.8. The van der Waals surface area contributed by atoms with Crippen LogP contribution >= 0.6 is 20.0 Å². The molecule has 9 atom stereocenters. The molecule has 2 saturated heterocycles.